The van der Waals surface area contributed by atoms with E-state index >= 15 is 0 Å². The maximum atomic E-state index is 12.2. The van der Waals surface area contributed by atoms with Crippen molar-refractivity contribution < 1.29 is 8.42 Å². The third kappa shape index (κ3) is 3.99. The molecule has 0 aromatic carbocycles. The number of hydrogen-bond acceptors (Lipinski definition) is 6. The second kappa shape index (κ2) is 6.08. The molecule has 2 aromatic rings. The van der Waals surface area contributed by atoms with Crippen molar-refractivity contribution in [3.63, 3.8) is 0 Å². The molecular weight excluding hydrogens is 308 g/mol. The van der Waals surface area contributed by atoms with Crippen molar-refractivity contribution in [2.75, 3.05) is 11.3 Å². The van der Waals surface area contributed by atoms with E-state index in [0.717, 1.165) is 17.8 Å². The lowest BCUT2D eigenvalue weighted by Crippen LogP contribution is -2.18. The molecule has 2 heterocycles. The van der Waals surface area contributed by atoms with E-state index in [-0.39, 0.29) is 10.2 Å². The van der Waals surface area contributed by atoms with Crippen LogP contribution < -0.4 is 10.0 Å². The molecule has 2 aromatic heterocycles. The second-order valence-electron chi connectivity index (χ2n) is 4.88. The summed E-state index contributed by atoms with van der Waals surface area (Å²) >= 11 is 1.29. The van der Waals surface area contributed by atoms with E-state index in [1.807, 2.05) is 6.07 Å². The fourth-order valence-electron chi connectivity index (χ4n) is 1.85. The molecule has 0 atom stereocenters. The van der Waals surface area contributed by atoms with Gasteiger partial charge in [-0.15, -0.1) is 11.3 Å². The van der Waals surface area contributed by atoms with Gasteiger partial charge in [0.2, 0.25) is 5.95 Å². The Labute approximate surface area is 127 Å². The molecule has 1 aliphatic rings. The van der Waals surface area contributed by atoms with Crippen LogP contribution in [0.3, 0.4) is 0 Å². The van der Waals surface area contributed by atoms with Crippen LogP contribution >= 0.6 is 11.3 Å². The Bertz CT molecular complexity index is 696. The molecule has 8 heteroatoms. The molecule has 0 bridgehead atoms. The topological polar surface area (TPSA) is 84.0 Å². The second-order valence-corrected chi connectivity index (χ2v) is 7.95. The van der Waals surface area contributed by atoms with Crippen LogP contribution in [0.5, 0.6) is 0 Å². The number of rotatable bonds is 7. The molecule has 0 radical (unpaired) electrons. The fraction of sp³-hybridized carbons (Fsp3) is 0.385. The number of thiophene rings is 1. The summed E-state index contributed by atoms with van der Waals surface area (Å²) < 4.78 is 27.1. The van der Waals surface area contributed by atoms with Crippen LogP contribution in [0.1, 0.15) is 17.7 Å². The van der Waals surface area contributed by atoms with Crippen LogP contribution in [-0.2, 0) is 16.4 Å². The van der Waals surface area contributed by atoms with Crippen LogP contribution in [0.25, 0.3) is 0 Å². The van der Waals surface area contributed by atoms with Crippen LogP contribution in [-0.4, -0.2) is 31.0 Å². The summed E-state index contributed by atoms with van der Waals surface area (Å²) in [6.45, 7) is 0.889. The molecule has 112 valence electrons. The van der Waals surface area contributed by atoms with Crippen molar-refractivity contribution in [2.24, 2.45) is 0 Å². The average molecular weight is 324 g/mol. The lowest BCUT2D eigenvalue weighted by atomic mass is 10.3. The minimum atomic E-state index is -3.60. The summed E-state index contributed by atoms with van der Waals surface area (Å²) in [5.41, 5.74) is 0. The van der Waals surface area contributed by atoms with Crippen molar-refractivity contribution in [2.45, 2.75) is 29.5 Å². The van der Waals surface area contributed by atoms with E-state index in [9.17, 15) is 8.42 Å². The first-order valence-corrected chi connectivity index (χ1v) is 9.05. The third-order valence-corrected chi connectivity index (χ3v) is 6.04. The van der Waals surface area contributed by atoms with Gasteiger partial charge in [0.1, 0.15) is 4.21 Å². The van der Waals surface area contributed by atoms with Gasteiger partial charge in [-0.3, -0.25) is 0 Å². The van der Waals surface area contributed by atoms with Crippen molar-refractivity contribution in [3.8, 4) is 0 Å². The molecule has 0 aliphatic heterocycles. The van der Waals surface area contributed by atoms with Gasteiger partial charge in [-0.1, -0.05) is 0 Å². The molecule has 0 amide bonds. The minimum Gasteiger partial charge on any atom is -0.314 e. The predicted molar refractivity (Wildman–Crippen MR) is 81.9 cm³/mol. The van der Waals surface area contributed by atoms with Gasteiger partial charge in [0.25, 0.3) is 10.0 Å². The highest BCUT2D eigenvalue weighted by Crippen LogP contribution is 2.24. The summed E-state index contributed by atoms with van der Waals surface area (Å²) in [5, 5.41) is 3.41. The quantitative estimate of drug-likeness (QED) is 0.809. The summed E-state index contributed by atoms with van der Waals surface area (Å²) in [4.78, 5) is 8.78. The van der Waals surface area contributed by atoms with Gasteiger partial charge < -0.3 is 5.32 Å². The third-order valence-electron chi connectivity index (χ3n) is 3.08. The van der Waals surface area contributed by atoms with E-state index in [1.54, 1.807) is 12.1 Å². The van der Waals surface area contributed by atoms with E-state index in [2.05, 4.69) is 20.0 Å². The molecule has 0 saturated heterocycles. The van der Waals surface area contributed by atoms with Crippen molar-refractivity contribution in [1.29, 1.82) is 0 Å². The zero-order valence-electron chi connectivity index (χ0n) is 11.3. The molecule has 3 rings (SSSR count). The maximum absolute atomic E-state index is 12.2. The van der Waals surface area contributed by atoms with Gasteiger partial charge in [0.05, 0.1) is 0 Å². The maximum Gasteiger partial charge on any atom is 0.273 e. The number of nitrogens with one attached hydrogen (secondary N) is 2. The van der Waals surface area contributed by atoms with E-state index in [0.29, 0.717) is 6.04 Å². The van der Waals surface area contributed by atoms with Crippen LogP contribution in [0.4, 0.5) is 5.95 Å². The molecule has 6 nitrogen and oxygen atoms in total. The van der Waals surface area contributed by atoms with Crippen molar-refractivity contribution in [1.82, 2.24) is 15.3 Å². The molecule has 1 fully saturated rings. The summed E-state index contributed by atoms with van der Waals surface area (Å²) in [5.74, 6) is 0.0860. The standard InChI is InChI=1S/C13H16N4O2S2/c18-21(19,17-13-15-7-1-8-16-13)12-5-4-11(20-12)6-9-14-10-2-3-10/h1,4-5,7-8,10,14H,2-3,6,9H2,(H,15,16,17). The average Bonchev–Trinajstić information content (AvgIpc) is 3.15. The first kappa shape index (κ1) is 14.4. The lowest BCUT2D eigenvalue weighted by Gasteiger charge is -2.03. The highest BCUT2D eigenvalue weighted by atomic mass is 32.2. The van der Waals surface area contributed by atoms with Gasteiger partial charge >= 0.3 is 0 Å². The van der Waals surface area contributed by atoms with Crippen LogP contribution in [0.2, 0.25) is 0 Å². The highest BCUT2D eigenvalue weighted by molar-refractivity contribution is 7.94. The monoisotopic (exact) mass is 324 g/mol. The Kier molecular flexibility index (Phi) is 4.18. The smallest absolute Gasteiger partial charge is 0.273 e. The van der Waals surface area contributed by atoms with Gasteiger partial charge in [0, 0.05) is 29.9 Å². The Morgan fingerprint density at radius 1 is 1.24 bits per heavy atom. The largest absolute Gasteiger partial charge is 0.314 e. The zero-order chi connectivity index (χ0) is 14.7. The van der Waals surface area contributed by atoms with E-state index < -0.39 is 10.0 Å². The lowest BCUT2D eigenvalue weighted by molar-refractivity contribution is 0.602. The number of anilines is 1. The van der Waals surface area contributed by atoms with Gasteiger partial charge in [-0.2, -0.15) is 0 Å². The Morgan fingerprint density at radius 3 is 2.71 bits per heavy atom. The van der Waals surface area contributed by atoms with E-state index in [4.69, 9.17) is 0 Å². The van der Waals surface area contributed by atoms with Gasteiger partial charge in [-0.25, -0.2) is 23.1 Å². The number of aromatic nitrogens is 2. The fourth-order valence-corrected chi connectivity index (χ4v) is 4.16. The van der Waals surface area contributed by atoms with E-state index in [1.165, 1.54) is 36.6 Å². The molecule has 1 saturated carbocycles. The zero-order valence-corrected chi connectivity index (χ0v) is 13.0. The Morgan fingerprint density at radius 2 is 2.00 bits per heavy atom. The molecular formula is C13H16N4O2S2. The normalized spacial score (nSPS) is 15.0. The Hall–Kier alpha value is -1.51. The number of sulfonamides is 1. The minimum absolute atomic E-state index is 0.0860. The summed E-state index contributed by atoms with van der Waals surface area (Å²) in [6, 6.07) is 5.79. The highest BCUT2D eigenvalue weighted by Gasteiger charge is 2.20. The first-order chi connectivity index (χ1) is 10.1. The first-order valence-electron chi connectivity index (χ1n) is 6.75. The number of nitrogens with zero attached hydrogens (tertiary/aromatic N) is 2. The van der Waals surface area contributed by atoms with Crippen molar-refractivity contribution >= 4 is 27.3 Å². The van der Waals surface area contributed by atoms with Gasteiger partial charge in [0.15, 0.2) is 0 Å². The van der Waals surface area contributed by atoms with Crippen LogP contribution in [0, 0.1) is 0 Å². The summed E-state index contributed by atoms with van der Waals surface area (Å²) in [7, 11) is -3.60. The van der Waals surface area contributed by atoms with Crippen LogP contribution in [0.15, 0.2) is 34.8 Å². The summed E-state index contributed by atoms with van der Waals surface area (Å²) in [6.07, 6.45) is 6.34. The molecule has 0 spiro atoms. The Balaban J connectivity index is 1.63. The van der Waals surface area contributed by atoms with Crippen molar-refractivity contribution in [3.05, 3.63) is 35.5 Å². The number of hydrogen-bond donors (Lipinski definition) is 2. The molecule has 1 aliphatic carbocycles. The SMILES string of the molecule is O=S(=O)(Nc1ncccn1)c1ccc(CCNC2CC2)s1. The van der Waals surface area contributed by atoms with Gasteiger partial charge in [-0.05, 0) is 37.5 Å². The molecule has 0 unspecified atom stereocenters. The predicted octanol–water partition coefficient (Wildman–Crippen LogP) is 1.63. The molecule has 2 N–H and O–H groups in total. The molecule has 21 heavy (non-hydrogen) atoms.